The van der Waals surface area contributed by atoms with E-state index in [0.29, 0.717) is 18.1 Å². The molecule has 1 aromatic carbocycles. The van der Waals surface area contributed by atoms with Gasteiger partial charge in [0.25, 0.3) is 0 Å². The maximum absolute atomic E-state index is 11.2. The Morgan fingerprint density at radius 3 is 2.91 bits per heavy atom. The lowest BCUT2D eigenvalue weighted by molar-refractivity contribution is -0.0217. The van der Waals surface area contributed by atoms with Crippen LogP contribution < -0.4 is 5.32 Å². The molecule has 0 radical (unpaired) electrons. The van der Waals surface area contributed by atoms with Gasteiger partial charge in [-0.05, 0) is 65.9 Å². The molecule has 1 saturated heterocycles. The van der Waals surface area contributed by atoms with Crippen molar-refractivity contribution in [2.75, 3.05) is 6.54 Å². The van der Waals surface area contributed by atoms with Crippen molar-refractivity contribution in [3.05, 3.63) is 63.7 Å². The molecule has 34 heavy (non-hydrogen) atoms. The number of hydrogen-bond acceptors (Lipinski definition) is 6. The van der Waals surface area contributed by atoms with Crippen molar-refractivity contribution >= 4 is 49.5 Å². The highest BCUT2D eigenvalue weighted by molar-refractivity contribution is 9.10. The number of nitrogens with one attached hydrogen (secondary N) is 1. The number of nitrogens with zero attached hydrogens (tertiary/aromatic N) is 4. The van der Waals surface area contributed by atoms with Gasteiger partial charge >= 0.3 is 0 Å². The number of rotatable bonds is 3. The maximum atomic E-state index is 11.2. The Bertz CT molecular complexity index is 1410. The summed E-state index contributed by atoms with van der Waals surface area (Å²) in [4.78, 5) is 13.2. The van der Waals surface area contributed by atoms with E-state index in [9.17, 15) is 10.2 Å². The third-order valence-electron chi connectivity index (χ3n) is 7.70. The first-order valence-electron chi connectivity index (χ1n) is 11.5. The van der Waals surface area contributed by atoms with Crippen LogP contribution in [0.25, 0.3) is 21.9 Å². The number of benzene rings is 1. The minimum absolute atomic E-state index is 0.204. The molecule has 2 aliphatic rings. The van der Waals surface area contributed by atoms with Crippen molar-refractivity contribution in [2.45, 2.75) is 50.5 Å². The largest absolute Gasteiger partial charge is 0.390 e. The molecule has 4 heterocycles. The highest BCUT2D eigenvalue weighted by Gasteiger charge is 2.56. The van der Waals surface area contributed by atoms with Crippen molar-refractivity contribution in [1.29, 1.82) is 0 Å². The Labute approximate surface area is 210 Å². The number of aliphatic hydroxyl groups is 2. The fourth-order valence-electron chi connectivity index (χ4n) is 5.94. The smallest absolute Gasteiger partial charge is 0.143 e. The van der Waals surface area contributed by atoms with Crippen molar-refractivity contribution in [2.24, 2.45) is 5.41 Å². The summed E-state index contributed by atoms with van der Waals surface area (Å²) in [6.45, 7) is 2.63. The van der Waals surface area contributed by atoms with Crippen LogP contribution in [0.2, 0.25) is 5.15 Å². The van der Waals surface area contributed by atoms with Crippen molar-refractivity contribution in [3.63, 3.8) is 0 Å². The van der Waals surface area contributed by atoms with Crippen LogP contribution in [0.4, 0.5) is 0 Å². The third kappa shape index (κ3) is 3.55. The van der Waals surface area contributed by atoms with E-state index in [-0.39, 0.29) is 17.5 Å². The molecule has 3 N–H and O–H groups in total. The monoisotopic (exact) mass is 541 g/mol. The molecule has 0 bridgehead atoms. The molecule has 6 rings (SSSR count). The number of halogens is 2. The van der Waals surface area contributed by atoms with E-state index in [1.165, 1.54) is 5.56 Å². The van der Waals surface area contributed by atoms with Crippen LogP contribution in [0.3, 0.4) is 0 Å². The van der Waals surface area contributed by atoms with Gasteiger partial charge in [-0.25, -0.2) is 15.0 Å². The van der Waals surface area contributed by atoms with Crippen LogP contribution in [-0.4, -0.2) is 54.5 Å². The van der Waals surface area contributed by atoms with Gasteiger partial charge in [0.1, 0.15) is 23.2 Å². The molecule has 2 fully saturated rings. The molecular formula is C25H25BrClN5O2. The van der Waals surface area contributed by atoms with E-state index in [4.69, 9.17) is 11.6 Å². The standard InChI is InChI=1S/C25H25BrClN5O2/c1-13-17-4-5-32(24(17)30-12-29-13)20-10-25(22(34)21(20)33)9-16(28-11-25)6-14-2-3-15-8-18(26)23(27)31-19(15)7-14/h2-5,7-8,12,16,20-22,28,33-34H,6,9-11H2,1H3/t16-,20+,21-,22-,25-/m0/s1. The molecule has 7 nitrogen and oxygen atoms in total. The fourth-order valence-corrected chi connectivity index (χ4v) is 6.42. The highest BCUT2D eigenvalue weighted by atomic mass is 79.9. The Morgan fingerprint density at radius 2 is 2.06 bits per heavy atom. The van der Waals surface area contributed by atoms with E-state index in [2.05, 4.69) is 54.4 Å². The number of aliphatic hydroxyl groups excluding tert-OH is 2. The zero-order valence-electron chi connectivity index (χ0n) is 18.6. The Morgan fingerprint density at radius 1 is 1.21 bits per heavy atom. The normalized spacial score (nSPS) is 29.1. The maximum Gasteiger partial charge on any atom is 0.143 e. The van der Waals surface area contributed by atoms with Gasteiger partial charge in [0.15, 0.2) is 0 Å². The van der Waals surface area contributed by atoms with Crippen LogP contribution in [0.5, 0.6) is 0 Å². The van der Waals surface area contributed by atoms with Gasteiger partial charge in [-0.3, -0.25) is 0 Å². The first kappa shape index (κ1) is 22.4. The molecule has 0 amide bonds. The molecule has 3 aromatic heterocycles. The summed E-state index contributed by atoms with van der Waals surface area (Å²) in [5, 5.41) is 28.3. The van der Waals surface area contributed by atoms with E-state index < -0.39 is 12.2 Å². The average molecular weight is 543 g/mol. The first-order valence-corrected chi connectivity index (χ1v) is 12.6. The summed E-state index contributed by atoms with van der Waals surface area (Å²) in [5.74, 6) is 0. The van der Waals surface area contributed by atoms with Gasteiger partial charge in [0.05, 0.1) is 27.8 Å². The topological polar surface area (TPSA) is 96.1 Å². The number of pyridine rings is 1. The van der Waals surface area contributed by atoms with Crippen LogP contribution in [0, 0.1) is 12.3 Å². The first-order chi connectivity index (χ1) is 16.3. The Hall–Kier alpha value is -2.10. The minimum atomic E-state index is -0.850. The fraction of sp³-hybridized carbons (Fsp3) is 0.400. The third-order valence-corrected chi connectivity index (χ3v) is 8.82. The van der Waals surface area contributed by atoms with Crippen LogP contribution in [0.1, 0.15) is 30.1 Å². The summed E-state index contributed by atoms with van der Waals surface area (Å²) in [7, 11) is 0. The average Bonchev–Trinajstić information content (AvgIpc) is 3.49. The Kier molecular flexibility index (Phi) is 5.42. The number of hydrogen-bond donors (Lipinski definition) is 3. The van der Waals surface area contributed by atoms with Gasteiger partial charge in [-0.15, -0.1) is 0 Å². The number of fused-ring (bicyclic) bond motifs is 2. The van der Waals surface area contributed by atoms with Crippen molar-refractivity contribution in [3.8, 4) is 0 Å². The van der Waals surface area contributed by atoms with E-state index >= 15 is 0 Å². The van der Waals surface area contributed by atoms with Gasteiger partial charge in [0, 0.05) is 35.0 Å². The molecule has 1 aliphatic carbocycles. The predicted octanol–water partition coefficient (Wildman–Crippen LogP) is 3.96. The summed E-state index contributed by atoms with van der Waals surface area (Å²) in [6, 6.07) is 10.2. The molecule has 0 unspecified atom stereocenters. The van der Waals surface area contributed by atoms with Crippen LogP contribution >= 0.6 is 27.5 Å². The second kappa shape index (κ2) is 8.24. The van der Waals surface area contributed by atoms with Gasteiger partial charge < -0.3 is 20.1 Å². The number of aromatic nitrogens is 4. The van der Waals surface area contributed by atoms with Gasteiger partial charge in [0.2, 0.25) is 0 Å². The SMILES string of the molecule is Cc1ncnc2c1ccn2[C@@H]1C[C@@]2(CN[C@@H](Cc3ccc4cc(Br)c(Cl)nc4c3)C2)[C@@H](O)[C@H]1O. The molecule has 1 spiro atoms. The van der Waals surface area contributed by atoms with Gasteiger partial charge in [-0.1, -0.05) is 23.7 Å². The summed E-state index contributed by atoms with van der Waals surface area (Å²) >= 11 is 9.62. The van der Waals surface area contributed by atoms with Crippen LogP contribution in [-0.2, 0) is 6.42 Å². The molecule has 9 heteroatoms. The predicted molar refractivity (Wildman–Crippen MR) is 135 cm³/mol. The second-order valence-corrected chi connectivity index (χ2v) is 11.0. The van der Waals surface area contributed by atoms with Gasteiger partial charge in [-0.2, -0.15) is 0 Å². The Balaban J connectivity index is 1.23. The lowest BCUT2D eigenvalue weighted by Gasteiger charge is -2.27. The molecule has 1 aliphatic heterocycles. The zero-order valence-corrected chi connectivity index (χ0v) is 21.0. The zero-order chi connectivity index (χ0) is 23.6. The molecule has 4 aromatic rings. The quantitative estimate of drug-likeness (QED) is 0.339. The second-order valence-electron chi connectivity index (χ2n) is 9.76. The number of aryl methyl sites for hydroxylation is 1. The molecule has 5 atom stereocenters. The van der Waals surface area contributed by atoms with Crippen LogP contribution in [0.15, 0.2) is 47.3 Å². The van der Waals surface area contributed by atoms with E-state index in [1.54, 1.807) is 6.33 Å². The molecule has 1 saturated carbocycles. The summed E-state index contributed by atoms with van der Waals surface area (Å²) < 4.78 is 2.80. The van der Waals surface area contributed by atoms with Crippen molar-refractivity contribution in [1.82, 2.24) is 24.8 Å². The highest BCUT2D eigenvalue weighted by Crippen LogP contribution is 2.50. The molecule has 176 valence electrons. The lowest BCUT2D eigenvalue weighted by Crippen LogP contribution is -2.38. The molecular weight excluding hydrogens is 518 g/mol. The van der Waals surface area contributed by atoms with E-state index in [1.807, 2.05) is 29.8 Å². The van der Waals surface area contributed by atoms with E-state index in [0.717, 1.165) is 44.9 Å². The summed E-state index contributed by atoms with van der Waals surface area (Å²) in [6.07, 6.45) is 4.16. The lowest BCUT2D eigenvalue weighted by atomic mass is 9.80. The van der Waals surface area contributed by atoms with Crippen molar-refractivity contribution < 1.29 is 10.2 Å². The summed E-state index contributed by atoms with van der Waals surface area (Å²) in [5.41, 5.74) is 3.37. The minimum Gasteiger partial charge on any atom is -0.390 e.